The van der Waals surface area contributed by atoms with Crippen LogP contribution in [-0.2, 0) is 23.8 Å². The van der Waals surface area contributed by atoms with E-state index in [9.17, 15) is 9.59 Å². The molecule has 1 aliphatic carbocycles. The molecule has 142 valence electrons. The summed E-state index contributed by atoms with van der Waals surface area (Å²) in [7, 11) is 1.40. The fourth-order valence-electron chi connectivity index (χ4n) is 3.88. The van der Waals surface area contributed by atoms with E-state index in [0.717, 1.165) is 31.3 Å². The molecule has 3 atom stereocenters. The van der Waals surface area contributed by atoms with Gasteiger partial charge in [0.1, 0.15) is 6.10 Å². The number of allylic oxidation sites excluding steroid dienone is 2. The monoisotopic (exact) mass is 360 g/mol. The first kappa shape index (κ1) is 18.9. The highest BCUT2D eigenvalue weighted by atomic mass is 16.6. The van der Waals surface area contributed by atoms with Crippen LogP contribution in [0, 0.1) is 0 Å². The van der Waals surface area contributed by atoms with E-state index in [0.29, 0.717) is 24.0 Å². The molecule has 0 spiro atoms. The number of rotatable bonds is 1. The molecule has 0 aromatic heterocycles. The van der Waals surface area contributed by atoms with E-state index in [2.05, 4.69) is 13.8 Å². The van der Waals surface area contributed by atoms with Gasteiger partial charge >= 0.3 is 11.9 Å². The molecule has 0 bridgehead atoms. The molecule has 2 heterocycles. The van der Waals surface area contributed by atoms with Crippen molar-refractivity contribution < 1.29 is 23.8 Å². The summed E-state index contributed by atoms with van der Waals surface area (Å²) in [5.74, 6) is -0.567. The van der Waals surface area contributed by atoms with E-state index < -0.39 is 0 Å². The van der Waals surface area contributed by atoms with Crippen LogP contribution in [0.1, 0.15) is 59.3 Å². The van der Waals surface area contributed by atoms with Gasteiger partial charge in [0.2, 0.25) is 0 Å². The van der Waals surface area contributed by atoms with Gasteiger partial charge in [-0.25, -0.2) is 9.59 Å². The van der Waals surface area contributed by atoms with Crippen LogP contribution in [0.15, 0.2) is 34.4 Å². The summed E-state index contributed by atoms with van der Waals surface area (Å²) in [5, 5.41) is 0. The molecule has 3 rings (SSSR count). The van der Waals surface area contributed by atoms with E-state index >= 15 is 0 Å². The highest BCUT2D eigenvalue weighted by molar-refractivity contribution is 5.92. The Bertz CT molecular complexity index is 699. The molecule has 0 radical (unpaired) electrons. The van der Waals surface area contributed by atoms with Gasteiger partial charge in [0, 0.05) is 11.1 Å². The Morgan fingerprint density at radius 3 is 2.77 bits per heavy atom. The molecule has 0 unspecified atom stereocenters. The van der Waals surface area contributed by atoms with Crippen molar-refractivity contribution in [2.24, 2.45) is 0 Å². The highest BCUT2D eigenvalue weighted by Crippen LogP contribution is 2.44. The fourth-order valence-corrected chi connectivity index (χ4v) is 3.88. The third-order valence-corrected chi connectivity index (χ3v) is 5.78. The Balaban J connectivity index is 1.86. The summed E-state index contributed by atoms with van der Waals surface area (Å²) in [4.78, 5) is 24.1. The lowest BCUT2D eigenvalue weighted by Crippen LogP contribution is -2.13. The second-order valence-corrected chi connectivity index (χ2v) is 7.71. The topological polar surface area (TPSA) is 65.1 Å². The number of methoxy groups -OCH3 is 1. The number of fused-ring (bicyclic) bond motifs is 2. The molecule has 0 amide bonds. The SMILES string of the molecule is COC(=O)C1=CCC[C@]2(C)O[C@H]2CCC(C)=C[C@@H]2OC(=O)C(C)=C2CC1. The Morgan fingerprint density at radius 1 is 1.27 bits per heavy atom. The standard InChI is InChI=1S/C21H28O5/c1-13-7-10-18-21(3,26-18)11-5-6-15(20(23)24-4)8-9-16-14(2)19(22)25-17(16)12-13/h6,12,17-18H,5,7-11H2,1-4H3/t17-,18-,21-/m0/s1. The van der Waals surface area contributed by atoms with Gasteiger partial charge in [0.05, 0.1) is 18.8 Å². The summed E-state index contributed by atoms with van der Waals surface area (Å²) in [6.07, 6.45) is 8.67. The van der Waals surface area contributed by atoms with Crippen LogP contribution in [0.25, 0.3) is 0 Å². The minimum atomic E-state index is -0.323. The van der Waals surface area contributed by atoms with Crippen molar-refractivity contribution in [2.45, 2.75) is 77.1 Å². The van der Waals surface area contributed by atoms with Gasteiger partial charge in [0.15, 0.2) is 0 Å². The van der Waals surface area contributed by atoms with Crippen LogP contribution in [0.5, 0.6) is 0 Å². The minimum absolute atomic E-state index is 0.0936. The molecule has 0 aromatic rings. The molecular formula is C21H28O5. The Labute approximate surface area is 155 Å². The molecule has 0 aromatic carbocycles. The first-order chi connectivity index (χ1) is 12.3. The van der Waals surface area contributed by atoms with E-state index in [1.807, 2.05) is 12.2 Å². The zero-order valence-electron chi connectivity index (χ0n) is 16.1. The third-order valence-electron chi connectivity index (χ3n) is 5.78. The van der Waals surface area contributed by atoms with Gasteiger partial charge in [-0.1, -0.05) is 11.6 Å². The molecule has 5 heteroatoms. The van der Waals surface area contributed by atoms with Crippen LogP contribution in [0.3, 0.4) is 0 Å². The van der Waals surface area contributed by atoms with E-state index in [1.165, 1.54) is 12.7 Å². The van der Waals surface area contributed by atoms with Crippen molar-refractivity contribution in [1.29, 1.82) is 0 Å². The fraction of sp³-hybridized carbons (Fsp3) is 0.619. The first-order valence-corrected chi connectivity index (χ1v) is 9.37. The van der Waals surface area contributed by atoms with Gasteiger partial charge in [-0.3, -0.25) is 0 Å². The average molecular weight is 360 g/mol. The second-order valence-electron chi connectivity index (χ2n) is 7.71. The normalized spacial score (nSPS) is 32.5. The summed E-state index contributed by atoms with van der Waals surface area (Å²) in [6, 6.07) is 0. The third kappa shape index (κ3) is 3.93. The predicted molar refractivity (Wildman–Crippen MR) is 97.4 cm³/mol. The van der Waals surface area contributed by atoms with Gasteiger partial charge in [0.25, 0.3) is 0 Å². The largest absolute Gasteiger partial charge is 0.466 e. The molecule has 1 saturated heterocycles. The maximum absolute atomic E-state index is 12.1. The van der Waals surface area contributed by atoms with Crippen LogP contribution < -0.4 is 0 Å². The lowest BCUT2D eigenvalue weighted by atomic mass is 9.92. The van der Waals surface area contributed by atoms with Gasteiger partial charge in [-0.2, -0.15) is 0 Å². The minimum Gasteiger partial charge on any atom is -0.466 e. The molecule has 1 fully saturated rings. The van der Waals surface area contributed by atoms with Crippen molar-refractivity contribution in [3.63, 3.8) is 0 Å². The number of epoxide rings is 1. The smallest absolute Gasteiger partial charge is 0.334 e. The Hall–Kier alpha value is -1.88. The number of carbonyl (C=O) groups is 2. The summed E-state index contributed by atoms with van der Waals surface area (Å²) < 4.78 is 16.4. The van der Waals surface area contributed by atoms with Crippen molar-refractivity contribution >= 4 is 11.9 Å². The zero-order chi connectivity index (χ0) is 18.9. The molecule has 5 nitrogen and oxygen atoms in total. The molecule has 3 aliphatic rings. The van der Waals surface area contributed by atoms with Crippen LogP contribution in [-0.4, -0.2) is 36.9 Å². The Morgan fingerprint density at radius 2 is 2.04 bits per heavy atom. The number of ether oxygens (including phenoxy) is 3. The summed E-state index contributed by atoms with van der Waals surface area (Å²) in [5.41, 5.74) is 3.39. The molecule has 26 heavy (non-hydrogen) atoms. The van der Waals surface area contributed by atoms with Crippen LogP contribution >= 0.6 is 0 Å². The lowest BCUT2D eigenvalue weighted by molar-refractivity contribution is -0.138. The number of hydrogen-bond donors (Lipinski definition) is 0. The van der Waals surface area contributed by atoms with Gasteiger partial charge < -0.3 is 14.2 Å². The lowest BCUT2D eigenvalue weighted by Gasteiger charge is -2.14. The number of carbonyl (C=O) groups excluding carboxylic acids is 2. The quantitative estimate of drug-likeness (QED) is 0.404. The van der Waals surface area contributed by atoms with Crippen molar-refractivity contribution in [1.82, 2.24) is 0 Å². The molecular weight excluding hydrogens is 332 g/mol. The van der Waals surface area contributed by atoms with Crippen LogP contribution in [0.2, 0.25) is 0 Å². The van der Waals surface area contributed by atoms with Gasteiger partial charge in [-0.15, -0.1) is 0 Å². The van der Waals surface area contributed by atoms with E-state index in [1.54, 1.807) is 6.92 Å². The Kier molecular flexibility index (Phi) is 5.37. The second kappa shape index (κ2) is 7.39. The zero-order valence-corrected chi connectivity index (χ0v) is 16.1. The average Bonchev–Trinajstić information content (AvgIpc) is 3.18. The molecule has 0 saturated carbocycles. The maximum Gasteiger partial charge on any atom is 0.334 e. The number of hydrogen-bond acceptors (Lipinski definition) is 5. The molecule has 0 N–H and O–H groups in total. The van der Waals surface area contributed by atoms with Gasteiger partial charge in [-0.05, 0) is 70.9 Å². The highest BCUT2D eigenvalue weighted by Gasteiger charge is 2.50. The van der Waals surface area contributed by atoms with Crippen molar-refractivity contribution in [3.05, 3.63) is 34.4 Å². The molecule has 2 aliphatic heterocycles. The first-order valence-electron chi connectivity index (χ1n) is 9.37. The predicted octanol–water partition coefficient (Wildman–Crippen LogP) is 3.79. The van der Waals surface area contributed by atoms with E-state index in [-0.39, 0.29) is 29.7 Å². The van der Waals surface area contributed by atoms with Crippen LogP contribution in [0.4, 0.5) is 0 Å². The van der Waals surface area contributed by atoms with E-state index in [4.69, 9.17) is 14.2 Å². The summed E-state index contributed by atoms with van der Waals surface area (Å²) >= 11 is 0. The number of esters is 2. The van der Waals surface area contributed by atoms with Crippen molar-refractivity contribution in [3.8, 4) is 0 Å². The maximum atomic E-state index is 12.1. The summed E-state index contributed by atoms with van der Waals surface area (Å²) in [6.45, 7) is 6.01. The van der Waals surface area contributed by atoms with Crippen molar-refractivity contribution in [2.75, 3.05) is 7.11 Å².